The van der Waals surface area contributed by atoms with Gasteiger partial charge in [-0.15, -0.1) is 0 Å². The highest BCUT2D eigenvalue weighted by molar-refractivity contribution is 7.80. The van der Waals surface area contributed by atoms with Gasteiger partial charge in [0.05, 0.1) is 0 Å². The number of aliphatic hydroxyl groups is 1. The lowest BCUT2D eigenvalue weighted by Crippen LogP contribution is -2.37. The van der Waals surface area contributed by atoms with Crippen LogP contribution >= 0.6 is 12.2 Å². The van der Waals surface area contributed by atoms with Crippen LogP contribution in [0.1, 0.15) is 32.3 Å². The maximum Gasteiger partial charge on any atom is 0.194 e. The number of halogens is 1. The van der Waals surface area contributed by atoms with E-state index in [1.165, 1.54) is 12.1 Å². The Morgan fingerprint density at radius 2 is 1.94 bits per heavy atom. The van der Waals surface area contributed by atoms with Gasteiger partial charge < -0.3 is 9.84 Å². The van der Waals surface area contributed by atoms with E-state index in [1.807, 2.05) is 13.8 Å². The predicted octanol–water partition coefficient (Wildman–Crippen LogP) is 3.74. The molecule has 0 aliphatic carbocycles. The quantitative estimate of drug-likeness (QED) is 0.786. The molecule has 0 spiro atoms. The number of hydrogen-bond donors (Lipinski definition) is 1. The summed E-state index contributed by atoms with van der Waals surface area (Å²) in [5, 5.41) is 9.56. The zero-order valence-corrected chi connectivity index (χ0v) is 10.9. The molecule has 0 aromatic heterocycles. The molecule has 1 unspecified atom stereocenters. The molecule has 1 aromatic rings. The smallest absolute Gasteiger partial charge is 0.194 e. The molecule has 4 heteroatoms. The molecule has 0 saturated carbocycles. The molecule has 0 aliphatic heterocycles. The lowest BCUT2D eigenvalue weighted by atomic mass is 9.89. The third kappa shape index (κ3) is 3.01. The first-order chi connectivity index (χ1) is 8.06. The van der Waals surface area contributed by atoms with Crippen LogP contribution in [0.25, 0.3) is 0 Å². The SMILES string of the molecule is CCCC(OCC)(C(O)=S)c1ccc(F)cc1. The summed E-state index contributed by atoms with van der Waals surface area (Å²) < 4.78 is 18.6. The number of aliphatic hydroxyl groups excluding tert-OH is 1. The fraction of sp³-hybridized carbons (Fsp3) is 0.462. The number of ether oxygens (including phenoxy) is 1. The average molecular weight is 256 g/mol. The summed E-state index contributed by atoms with van der Waals surface area (Å²) in [4.78, 5) is 0. The Hall–Kier alpha value is -1.00. The van der Waals surface area contributed by atoms with Gasteiger partial charge in [0.15, 0.2) is 10.7 Å². The molecule has 17 heavy (non-hydrogen) atoms. The van der Waals surface area contributed by atoms with Crippen molar-refractivity contribution in [2.45, 2.75) is 32.3 Å². The fourth-order valence-corrected chi connectivity index (χ4v) is 2.19. The molecule has 1 aromatic carbocycles. The Kier molecular flexibility index (Phi) is 5.02. The molecule has 94 valence electrons. The standard InChI is InChI=1S/C13H17FO2S/c1-3-9-13(12(15)17,16-4-2)10-5-7-11(14)8-6-10/h5-8H,3-4,9H2,1-2H3,(H,15,17). The molecule has 1 rings (SSSR count). The summed E-state index contributed by atoms with van der Waals surface area (Å²) >= 11 is 4.91. The number of hydrogen-bond acceptors (Lipinski definition) is 2. The van der Waals surface area contributed by atoms with Crippen LogP contribution in [0.5, 0.6) is 0 Å². The zero-order valence-electron chi connectivity index (χ0n) is 10.1. The fourth-order valence-electron chi connectivity index (χ4n) is 1.91. The maximum absolute atomic E-state index is 12.9. The molecule has 0 amide bonds. The predicted molar refractivity (Wildman–Crippen MR) is 69.8 cm³/mol. The molecule has 1 atom stereocenters. The lowest BCUT2D eigenvalue weighted by Gasteiger charge is -2.31. The largest absolute Gasteiger partial charge is 0.500 e. The number of benzene rings is 1. The first kappa shape index (κ1) is 14.1. The summed E-state index contributed by atoms with van der Waals surface area (Å²) in [6.45, 7) is 4.25. The molecule has 0 saturated heterocycles. The van der Waals surface area contributed by atoms with E-state index in [0.717, 1.165) is 6.42 Å². The van der Waals surface area contributed by atoms with E-state index >= 15 is 0 Å². The summed E-state index contributed by atoms with van der Waals surface area (Å²) in [5.74, 6) is -0.320. The number of thiocarbonyl (C=S) groups is 1. The average Bonchev–Trinajstić information content (AvgIpc) is 2.29. The molecule has 1 N–H and O–H groups in total. The topological polar surface area (TPSA) is 29.5 Å². The first-order valence-corrected chi connectivity index (χ1v) is 6.11. The van der Waals surface area contributed by atoms with E-state index < -0.39 is 5.60 Å². The van der Waals surface area contributed by atoms with E-state index in [2.05, 4.69) is 0 Å². The Labute approximate surface area is 106 Å². The van der Waals surface area contributed by atoms with Gasteiger partial charge in [-0.25, -0.2) is 4.39 Å². The van der Waals surface area contributed by atoms with Gasteiger partial charge in [0.25, 0.3) is 0 Å². The molecular weight excluding hydrogens is 239 g/mol. The highest BCUT2D eigenvalue weighted by atomic mass is 32.1. The van der Waals surface area contributed by atoms with Crippen molar-refractivity contribution in [2.24, 2.45) is 0 Å². The summed E-state index contributed by atoms with van der Waals surface area (Å²) in [5.41, 5.74) is -0.304. The van der Waals surface area contributed by atoms with Crippen molar-refractivity contribution in [1.29, 1.82) is 0 Å². The molecule has 2 nitrogen and oxygen atoms in total. The van der Waals surface area contributed by atoms with Crippen LogP contribution in [0, 0.1) is 5.82 Å². The maximum atomic E-state index is 12.9. The van der Waals surface area contributed by atoms with E-state index in [4.69, 9.17) is 17.0 Å². The second-order valence-corrected chi connectivity index (χ2v) is 4.21. The Balaban J connectivity index is 3.19. The normalized spacial score (nSPS) is 14.3. The van der Waals surface area contributed by atoms with E-state index in [0.29, 0.717) is 18.6 Å². The molecule has 0 bridgehead atoms. The van der Waals surface area contributed by atoms with E-state index in [-0.39, 0.29) is 10.9 Å². The highest BCUT2D eigenvalue weighted by Gasteiger charge is 2.37. The third-order valence-corrected chi connectivity index (χ3v) is 2.98. The van der Waals surface area contributed by atoms with Gasteiger partial charge in [0.2, 0.25) is 0 Å². The van der Waals surface area contributed by atoms with Crippen molar-refractivity contribution in [3.05, 3.63) is 35.6 Å². The Morgan fingerprint density at radius 1 is 1.35 bits per heavy atom. The molecule has 0 heterocycles. The monoisotopic (exact) mass is 256 g/mol. The van der Waals surface area contributed by atoms with Gasteiger partial charge in [-0.1, -0.05) is 25.5 Å². The summed E-state index contributed by atoms with van der Waals surface area (Å²) in [6, 6.07) is 5.89. The van der Waals surface area contributed by atoms with E-state index in [1.54, 1.807) is 12.1 Å². The second-order valence-electron chi connectivity index (χ2n) is 3.82. The minimum Gasteiger partial charge on any atom is -0.500 e. The Bertz CT molecular complexity index is 370. The minimum atomic E-state index is -0.994. The van der Waals surface area contributed by atoms with Crippen LogP contribution in [0.3, 0.4) is 0 Å². The van der Waals surface area contributed by atoms with Gasteiger partial charge in [-0.2, -0.15) is 0 Å². The minimum absolute atomic E-state index is 0.201. The molecule has 0 fully saturated rings. The van der Waals surface area contributed by atoms with Crippen LogP contribution in [0.4, 0.5) is 4.39 Å². The van der Waals surface area contributed by atoms with Crippen LogP contribution in [-0.4, -0.2) is 16.8 Å². The van der Waals surface area contributed by atoms with Crippen LogP contribution in [0.15, 0.2) is 24.3 Å². The van der Waals surface area contributed by atoms with Crippen molar-refractivity contribution >= 4 is 17.3 Å². The summed E-state index contributed by atoms with van der Waals surface area (Å²) in [6.07, 6.45) is 1.37. The van der Waals surface area contributed by atoms with Crippen molar-refractivity contribution in [3.63, 3.8) is 0 Å². The summed E-state index contributed by atoms with van der Waals surface area (Å²) in [7, 11) is 0. The van der Waals surface area contributed by atoms with Crippen LogP contribution in [0.2, 0.25) is 0 Å². The highest BCUT2D eigenvalue weighted by Crippen LogP contribution is 2.32. The van der Waals surface area contributed by atoms with E-state index in [9.17, 15) is 9.50 Å². The van der Waals surface area contributed by atoms with Gasteiger partial charge in [-0.05, 0) is 43.3 Å². The number of rotatable bonds is 6. The second kappa shape index (κ2) is 6.07. The Morgan fingerprint density at radius 3 is 2.35 bits per heavy atom. The van der Waals surface area contributed by atoms with Crippen LogP contribution in [-0.2, 0) is 10.3 Å². The molecule has 0 aliphatic rings. The first-order valence-electron chi connectivity index (χ1n) is 5.70. The van der Waals surface area contributed by atoms with Gasteiger partial charge in [0.1, 0.15) is 5.82 Å². The van der Waals surface area contributed by atoms with Gasteiger partial charge >= 0.3 is 0 Å². The van der Waals surface area contributed by atoms with Crippen molar-refractivity contribution in [3.8, 4) is 0 Å². The molecular formula is C13H17FO2S. The third-order valence-electron chi connectivity index (χ3n) is 2.65. The van der Waals surface area contributed by atoms with Crippen molar-refractivity contribution in [2.75, 3.05) is 6.61 Å². The van der Waals surface area contributed by atoms with Crippen molar-refractivity contribution in [1.82, 2.24) is 0 Å². The van der Waals surface area contributed by atoms with Gasteiger partial charge in [0, 0.05) is 6.61 Å². The zero-order chi connectivity index (χ0) is 12.9. The lowest BCUT2D eigenvalue weighted by molar-refractivity contribution is -0.00483. The molecule has 0 radical (unpaired) electrons. The van der Waals surface area contributed by atoms with Crippen LogP contribution < -0.4 is 0 Å². The van der Waals surface area contributed by atoms with Gasteiger partial charge in [-0.3, -0.25) is 0 Å². The van der Waals surface area contributed by atoms with Crippen molar-refractivity contribution < 1.29 is 14.2 Å².